The number of nitrogens with zero attached hydrogens (tertiary/aromatic N) is 2. The van der Waals surface area contributed by atoms with Crippen LogP contribution in [0.3, 0.4) is 0 Å². The maximum absolute atomic E-state index is 14.1. The van der Waals surface area contributed by atoms with Crippen LogP contribution in [0.4, 0.5) is 5.69 Å². The molecule has 2 heterocycles. The van der Waals surface area contributed by atoms with E-state index in [1.54, 1.807) is 4.90 Å². The largest absolute Gasteiger partial charge is 0.395 e. The van der Waals surface area contributed by atoms with E-state index in [0.29, 0.717) is 19.5 Å². The van der Waals surface area contributed by atoms with Crippen LogP contribution in [0.25, 0.3) is 0 Å². The van der Waals surface area contributed by atoms with Gasteiger partial charge < -0.3 is 19.6 Å². The summed E-state index contributed by atoms with van der Waals surface area (Å²) < 4.78 is 7.72. The Morgan fingerprint density at radius 2 is 1.81 bits per heavy atom. The van der Waals surface area contributed by atoms with Crippen molar-refractivity contribution in [2.45, 2.75) is 44.6 Å². The number of ether oxygens (including phenoxy) is 1. The molecular weight excluding hydrogens is 579 g/mol. The van der Waals surface area contributed by atoms with E-state index in [0.717, 1.165) is 25.9 Å². The first-order valence-electron chi connectivity index (χ1n) is 12.7. The summed E-state index contributed by atoms with van der Waals surface area (Å²) in [5.74, 6) is -0.228. The van der Waals surface area contributed by atoms with Gasteiger partial charge in [0.2, 0.25) is 5.91 Å². The second kappa shape index (κ2) is 10.9. The third kappa shape index (κ3) is 5.04. The topological polar surface area (TPSA) is 70.1 Å². The molecule has 2 amide bonds. The molecule has 0 bridgehead atoms. The zero-order chi connectivity index (χ0) is 26.0. The van der Waals surface area contributed by atoms with Crippen LogP contribution in [0.5, 0.6) is 0 Å². The molecule has 37 heavy (non-hydrogen) atoms. The third-order valence-electron chi connectivity index (χ3n) is 7.39. The first-order valence-corrected chi connectivity index (χ1v) is 13.8. The molecule has 1 fully saturated rings. The predicted octanol–water partition coefficient (Wildman–Crippen LogP) is 4.87. The zero-order valence-corrected chi connectivity index (χ0v) is 23.0. The lowest BCUT2D eigenvalue weighted by atomic mass is 9.83. The number of amides is 2. The minimum absolute atomic E-state index is 0.0634. The van der Waals surface area contributed by atoms with Crippen molar-refractivity contribution in [3.63, 3.8) is 0 Å². The number of aliphatic hydroxyl groups excluding tert-OH is 1. The molecule has 0 saturated carbocycles. The van der Waals surface area contributed by atoms with Crippen LogP contribution in [0.1, 0.15) is 36.5 Å². The Kier molecular flexibility index (Phi) is 7.65. The highest BCUT2D eigenvalue weighted by Gasteiger charge is 2.60. The van der Waals surface area contributed by atoms with Gasteiger partial charge in [-0.1, -0.05) is 67.6 Å². The quantitative estimate of drug-likeness (QED) is 0.370. The van der Waals surface area contributed by atoms with Crippen LogP contribution in [-0.2, 0) is 33.0 Å². The molecule has 1 saturated heterocycles. The van der Waals surface area contributed by atoms with Gasteiger partial charge in [0.05, 0.1) is 31.4 Å². The van der Waals surface area contributed by atoms with Gasteiger partial charge in [-0.25, -0.2) is 0 Å². The number of rotatable bonds is 8. The van der Waals surface area contributed by atoms with Gasteiger partial charge in [0.25, 0.3) is 5.91 Å². The fourth-order valence-electron chi connectivity index (χ4n) is 5.67. The molecule has 192 valence electrons. The normalized spacial score (nSPS) is 22.5. The van der Waals surface area contributed by atoms with E-state index in [4.69, 9.17) is 4.74 Å². The van der Waals surface area contributed by atoms with Crippen molar-refractivity contribution in [1.29, 1.82) is 0 Å². The lowest BCUT2D eigenvalue weighted by molar-refractivity contribution is -0.150. The fraction of sp³-hybridized carbons (Fsp3) is 0.333. The molecule has 5 rings (SSSR count). The van der Waals surface area contributed by atoms with Crippen molar-refractivity contribution in [1.82, 2.24) is 4.90 Å². The van der Waals surface area contributed by atoms with Crippen LogP contribution >= 0.6 is 22.6 Å². The van der Waals surface area contributed by atoms with Crippen LogP contribution < -0.4 is 4.90 Å². The van der Waals surface area contributed by atoms with Crippen molar-refractivity contribution in [2.24, 2.45) is 5.92 Å². The number of carbonyl (C=O) groups excluding carboxylic acids is 2. The Balaban J connectivity index is 1.37. The van der Waals surface area contributed by atoms with Gasteiger partial charge in [-0.15, -0.1) is 0 Å². The Morgan fingerprint density at radius 1 is 1.08 bits per heavy atom. The molecule has 0 aliphatic carbocycles. The van der Waals surface area contributed by atoms with Gasteiger partial charge in [0, 0.05) is 28.1 Å². The summed E-state index contributed by atoms with van der Waals surface area (Å²) in [6.07, 6.45) is 0.404. The smallest absolute Gasteiger partial charge is 0.264 e. The third-order valence-corrected chi connectivity index (χ3v) is 8.06. The van der Waals surface area contributed by atoms with Crippen LogP contribution in [0, 0.1) is 9.49 Å². The molecule has 7 heteroatoms. The molecular formula is C30H31IN2O4. The molecule has 3 aromatic rings. The summed E-state index contributed by atoms with van der Waals surface area (Å²) in [6.45, 7) is 3.09. The second-order valence-electron chi connectivity index (χ2n) is 9.88. The Morgan fingerprint density at radius 3 is 2.57 bits per heavy atom. The second-order valence-corrected chi connectivity index (χ2v) is 11.1. The summed E-state index contributed by atoms with van der Waals surface area (Å²) >= 11 is 2.28. The molecule has 1 spiro atoms. The monoisotopic (exact) mass is 610 g/mol. The summed E-state index contributed by atoms with van der Waals surface area (Å²) in [7, 11) is 0. The summed E-state index contributed by atoms with van der Waals surface area (Å²) in [4.78, 5) is 30.9. The molecule has 0 unspecified atom stereocenters. The van der Waals surface area contributed by atoms with E-state index < -0.39 is 5.60 Å². The summed E-state index contributed by atoms with van der Waals surface area (Å²) in [6, 6.07) is 25.8. The maximum Gasteiger partial charge on any atom is 0.264 e. The molecule has 3 aromatic carbocycles. The highest BCUT2D eigenvalue weighted by molar-refractivity contribution is 14.1. The lowest BCUT2D eigenvalue weighted by Gasteiger charge is -2.28. The standard InChI is InChI=1S/C30H31IN2O4/c1-21-16-25(18-28(35)32(14-15-34)19-22-8-3-2-4-9-22)37-30(21)26-12-5-6-13-27(26)33(29(30)36)20-23-10-7-11-24(31)17-23/h2-13,17,21,25,34H,14-16,18-20H2,1H3/t21-,25-,30+/m0/s1. The lowest BCUT2D eigenvalue weighted by Crippen LogP contribution is -2.44. The van der Waals surface area contributed by atoms with E-state index in [1.807, 2.05) is 84.6 Å². The van der Waals surface area contributed by atoms with Gasteiger partial charge in [-0.3, -0.25) is 9.59 Å². The van der Waals surface area contributed by atoms with Crippen molar-refractivity contribution < 1.29 is 19.4 Å². The maximum atomic E-state index is 14.1. The van der Waals surface area contributed by atoms with Gasteiger partial charge in [0.15, 0.2) is 5.60 Å². The Bertz CT molecular complexity index is 1280. The van der Waals surface area contributed by atoms with Crippen LogP contribution in [-0.4, -0.2) is 41.1 Å². The first-order chi connectivity index (χ1) is 17.9. The fourth-order valence-corrected chi connectivity index (χ4v) is 6.27. The summed E-state index contributed by atoms with van der Waals surface area (Å²) in [5, 5.41) is 9.57. The van der Waals surface area contributed by atoms with Gasteiger partial charge in [-0.05, 0) is 58.3 Å². The Hall–Kier alpha value is -2.75. The van der Waals surface area contributed by atoms with Crippen molar-refractivity contribution in [2.75, 3.05) is 18.1 Å². The number of carbonyl (C=O) groups is 2. The highest BCUT2D eigenvalue weighted by Crippen LogP contribution is 2.53. The highest BCUT2D eigenvalue weighted by atomic mass is 127. The number of hydrogen-bond donors (Lipinski definition) is 1. The van der Waals surface area contributed by atoms with Crippen molar-refractivity contribution in [3.05, 3.63) is 99.1 Å². The minimum atomic E-state index is -1.09. The predicted molar refractivity (Wildman–Crippen MR) is 151 cm³/mol. The van der Waals surface area contributed by atoms with Crippen LogP contribution in [0.2, 0.25) is 0 Å². The van der Waals surface area contributed by atoms with Crippen molar-refractivity contribution >= 4 is 40.1 Å². The van der Waals surface area contributed by atoms with Gasteiger partial charge in [0.1, 0.15) is 0 Å². The number of aliphatic hydroxyl groups is 1. The van der Waals surface area contributed by atoms with Gasteiger partial charge >= 0.3 is 0 Å². The number of halogens is 1. The SMILES string of the molecule is C[C@H]1C[C@@H](CC(=O)N(CCO)Cc2ccccc2)O[C@]12C(=O)N(Cc1cccc(I)c1)c1ccccc12. The average Bonchev–Trinajstić information content (AvgIpc) is 3.34. The molecule has 0 aromatic heterocycles. The zero-order valence-electron chi connectivity index (χ0n) is 20.8. The number of benzene rings is 3. The minimum Gasteiger partial charge on any atom is -0.395 e. The molecule has 6 nitrogen and oxygen atoms in total. The van der Waals surface area contributed by atoms with Gasteiger partial charge in [-0.2, -0.15) is 0 Å². The summed E-state index contributed by atoms with van der Waals surface area (Å²) in [5.41, 5.74) is 2.73. The number of hydrogen-bond acceptors (Lipinski definition) is 4. The van der Waals surface area contributed by atoms with E-state index >= 15 is 0 Å². The average molecular weight is 610 g/mol. The van der Waals surface area contributed by atoms with Crippen molar-refractivity contribution in [3.8, 4) is 0 Å². The van der Waals surface area contributed by atoms with Crippen LogP contribution in [0.15, 0.2) is 78.9 Å². The van der Waals surface area contributed by atoms with E-state index in [1.165, 1.54) is 0 Å². The van der Waals surface area contributed by atoms with E-state index in [2.05, 4.69) is 28.7 Å². The molecule has 3 atom stereocenters. The molecule has 0 radical (unpaired) electrons. The molecule has 1 N–H and O–H groups in total. The number of anilines is 1. The Labute approximate surface area is 231 Å². The molecule has 2 aliphatic heterocycles. The molecule has 2 aliphatic rings. The first kappa shape index (κ1) is 25.9. The van der Waals surface area contributed by atoms with E-state index in [-0.39, 0.29) is 43.4 Å². The number of fused-ring (bicyclic) bond motifs is 2. The number of para-hydroxylation sites is 1. The van der Waals surface area contributed by atoms with E-state index in [9.17, 15) is 14.7 Å².